The average molecular weight is 223 g/mol. The van der Waals surface area contributed by atoms with E-state index >= 15 is 0 Å². The molecule has 0 spiro atoms. The van der Waals surface area contributed by atoms with Crippen molar-refractivity contribution in [1.82, 2.24) is 5.32 Å². The van der Waals surface area contributed by atoms with E-state index in [-0.39, 0.29) is 5.25 Å². The molecule has 2 unspecified atom stereocenters. The van der Waals surface area contributed by atoms with Gasteiger partial charge in [0.2, 0.25) is 0 Å². The first kappa shape index (κ1) is 13.5. The second-order valence-electron chi connectivity index (χ2n) is 3.06. The molecule has 0 radical (unpaired) electrons. The van der Waals surface area contributed by atoms with Gasteiger partial charge in [0, 0.05) is 28.9 Å². The lowest BCUT2D eigenvalue weighted by atomic mass is 10.4. The topological polar surface area (TPSA) is 29.1 Å². The van der Waals surface area contributed by atoms with Crippen molar-refractivity contribution in [3.05, 3.63) is 0 Å². The van der Waals surface area contributed by atoms with Crippen molar-refractivity contribution < 1.29 is 4.21 Å². The molecule has 2 atom stereocenters. The van der Waals surface area contributed by atoms with Crippen LogP contribution in [0.15, 0.2) is 0 Å². The lowest BCUT2D eigenvalue weighted by molar-refractivity contribution is 0.643. The minimum atomic E-state index is -0.687. The molecule has 1 N–H and O–H groups in total. The van der Waals surface area contributed by atoms with Crippen molar-refractivity contribution in [3.8, 4) is 0 Å². The van der Waals surface area contributed by atoms with Gasteiger partial charge in [0.05, 0.1) is 0 Å². The number of hydrogen-bond donors (Lipinski definition) is 1. The molecule has 0 aliphatic heterocycles. The highest BCUT2D eigenvalue weighted by Gasteiger charge is 2.03. The highest BCUT2D eigenvalue weighted by atomic mass is 32.2. The largest absolute Gasteiger partial charge is 0.316 e. The fraction of sp³-hybridized carbons (Fsp3) is 1.00. The second-order valence-corrected chi connectivity index (χ2v) is 6.26. The molecule has 4 heteroatoms. The van der Waals surface area contributed by atoms with E-state index < -0.39 is 10.8 Å². The summed E-state index contributed by atoms with van der Waals surface area (Å²) in [6, 6.07) is 0. The number of thioether (sulfide) groups is 1. The van der Waals surface area contributed by atoms with E-state index in [9.17, 15) is 4.21 Å². The Hall–Kier alpha value is 0.460. The van der Waals surface area contributed by atoms with Gasteiger partial charge in [-0.2, -0.15) is 11.8 Å². The molecule has 0 fully saturated rings. The Morgan fingerprint density at radius 2 is 2.23 bits per heavy atom. The third kappa shape index (κ3) is 8.78. The molecule has 0 saturated carbocycles. The summed E-state index contributed by atoms with van der Waals surface area (Å²) in [7, 11) is -0.687. The van der Waals surface area contributed by atoms with E-state index in [0.29, 0.717) is 0 Å². The van der Waals surface area contributed by atoms with E-state index in [1.165, 1.54) is 17.9 Å². The second kappa shape index (κ2) is 9.03. The maximum atomic E-state index is 11.0. The summed E-state index contributed by atoms with van der Waals surface area (Å²) in [5.74, 6) is 2.43. The van der Waals surface area contributed by atoms with Crippen LogP contribution in [-0.4, -0.2) is 40.3 Å². The minimum absolute atomic E-state index is 0.277. The van der Waals surface area contributed by atoms with Crippen LogP contribution < -0.4 is 5.32 Å². The predicted molar refractivity (Wildman–Crippen MR) is 64.0 cm³/mol. The van der Waals surface area contributed by atoms with Gasteiger partial charge >= 0.3 is 0 Å². The van der Waals surface area contributed by atoms with Crippen LogP contribution in [0.25, 0.3) is 0 Å². The van der Waals surface area contributed by atoms with E-state index in [1.54, 1.807) is 6.26 Å². The first-order valence-electron chi connectivity index (χ1n) is 4.79. The van der Waals surface area contributed by atoms with Crippen molar-refractivity contribution in [2.75, 3.05) is 30.9 Å². The SMILES string of the molecule is CCSCCCNCC(C)S(C)=O. The van der Waals surface area contributed by atoms with Crippen LogP contribution in [0.5, 0.6) is 0 Å². The Labute approximate surface area is 88.7 Å². The summed E-state index contributed by atoms with van der Waals surface area (Å²) in [5, 5.41) is 3.60. The Kier molecular flexibility index (Phi) is 9.35. The van der Waals surface area contributed by atoms with Crippen molar-refractivity contribution in [3.63, 3.8) is 0 Å². The average Bonchev–Trinajstić information content (AvgIpc) is 2.10. The van der Waals surface area contributed by atoms with Crippen LogP contribution in [-0.2, 0) is 10.8 Å². The monoisotopic (exact) mass is 223 g/mol. The highest BCUT2D eigenvalue weighted by Crippen LogP contribution is 1.99. The first-order valence-corrected chi connectivity index (χ1v) is 7.56. The Balaban J connectivity index is 3.11. The van der Waals surface area contributed by atoms with Crippen LogP contribution in [0.4, 0.5) is 0 Å². The number of rotatable bonds is 8. The third-order valence-electron chi connectivity index (χ3n) is 1.84. The maximum Gasteiger partial charge on any atom is 0.0441 e. The van der Waals surface area contributed by atoms with Crippen LogP contribution in [0.1, 0.15) is 20.3 Å². The molecule has 0 amide bonds. The molecular formula is C9H21NOS2. The van der Waals surface area contributed by atoms with Crippen LogP contribution >= 0.6 is 11.8 Å². The lowest BCUT2D eigenvalue weighted by Gasteiger charge is -2.09. The number of hydrogen-bond acceptors (Lipinski definition) is 3. The van der Waals surface area contributed by atoms with Gasteiger partial charge in [-0.15, -0.1) is 0 Å². The lowest BCUT2D eigenvalue weighted by Crippen LogP contribution is -2.28. The number of nitrogens with one attached hydrogen (secondary N) is 1. The molecule has 0 saturated heterocycles. The molecular weight excluding hydrogens is 202 g/mol. The molecule has 2 nitrogen and oxygen atoms in total. The van der Waals surface area contributed by atoms with Crippen molar-refractivity contribution in [2.45, 2.75) is 25.5 Å². The van der Waals surface area contributed by atoms with Crippen LogP contribution in [0.2, 0.25) is 0 Å². The molecule has 0 rings (SSSR count). The predicted octanol–water partition coefficient (Wildman–Crippen LogP) is 1.49. The van der Waals surface area contributed by atoms with Gasteiger partial charge in [-0.05, 0) is 31.4 Å². The molecule has 0 heterocycles. The molecule has 0 aromatic rings. The standard InChI is InChI=1S/C9H21NOS2/c1-4-12-7-5-6-10-8-9(2)13(3)11/h9-10H,4-8H2,1-3H3. The fourth-order valence-corrected chi connectivity index (χ4v) is 1.86. The highest BCUT2D eigenvalue weighted by molar-refractivity contribution is 7.99. The summed E-state index contributed by atoms with van der Waals surface area (Å²) in [6.45, 7) is 6.12. The van der Waals surface area contributed by atoms with Gasteiger partial charge in [0.25, 0.3) is 0 Å². The molecule has 0 aromatic carbocycles. The van der Waals surface area contributed by atoms with E-state index in [4.69, 9.17) is 0 Å². The molecule has 0 aliphatic carbocycles. The van der Waals surface area contributed by atoms with E-state index in [1.807, 2.05) is 18.7 Å². The molecule has 80 valence electrons. The van der Waals surface area contributed by atoms with Crippen molar-refractivity contribution in [2.24, 2.45) is 0 Å². The Morgan fingerprint density at radius 3 is 2.77 bits per heavy atom. The zero-order valence-corrected chi connectivity index (χ0v) is 10.5. The zero-order chi connectivity index (χ0) is 10.1. The molecule has 0 aromatic heterocycles. The summed E-state index contributed by atoms with van der Waals surface area (Å²) >= 11 is 1.97. The Bertz CT molecular complexity index is 142. The van der Waals surface area contributed by atoms with Gasteiger partial charge in [0.15, 0.2) is 0 Å². The van der Waals surface area contributed by atoms with Gasteiger partial charge in [-0.3, -0.25) is 4.21 Å². The van der Waals surface area contributed by atoms with E-state index in [0.717, 1.165) is 13.1 Å². The summed E-state index contributed by atoms with van der Waals surface area (Å²) in [6.07, 6.45) is 2.97. The molecule has 13 heavy (non-hydrogen) atoms. The Morgan fingerprint density at radius 1 is 1.54 bits per heavy atom. The van der Waals surface area contributed by atoms with E-state index in [2.05, 4.69) is 12.2 Å². The summed E-state index contributed by atoms with van der Waals surface area (Å²) in [4.78, 5) is 0. The molecule has 0 bridgehead atoms. The quantitative estimate of drug-likeness (QED) is 0.632. The maximum absolute atomic E-state index is 11.0. The van der Waals surface area contributed by atoms with Crippen molar-refractivity contribution in [1.29, 1.82) is 0 Å². The van der Waals surface area contributed by atoms with Crippen LogP contribution in [0.3, 0.4) is 0 Å². The van der Waals surface area contributed by atoms with Crippen molar-refractivity contribution >= 4 is 22.6 Å². The van der Waals surface area contributed by atoms with Gasteiger partial charge < -0.3 is 5.32 Å². The summed E-state index contributed by atoms with van der Waals surface area (Å²) in [5.41, 5.74) is 0. The van der Waals surface area contributed by atoms with Gasteiger partial charge in [0.1, 0.15) is 0 Å². The third-order valence-corrected chi connectivity index (χ3v) is 4.13. The smallest absolute Gasteiger partial charge is 0.0441 e. The molecule has 0 aliphatic rings. The summed E-state index contributed by atoms with van der Waals surface area (Å²) < 4.78 is 11.0. The van der Waals surface area contributed by atoms with Crippen LogP contribution in [0, 0.1) is 0 Å². The zero-order valence-electron chi connectivity index (χ0n) is 8.84. The minimum Gasteiger partial charge on any atom is -0.316 e. The fourth-order valence-electron chi connectivity index (χ4n) is 0.866. The normalized spacial score (nSPS) is 15.6. The first-order chi connectivity index (χ1) is 6.18. The van der Waals surface area contributed by atoms with Gasteiger partial charge in [-0.25, -0.2) is 0 Å². The van der Waals surface area contributed by atoms with Gasteiger partial charge in [-0.1, -0.05) is 6.92 Å².